The number of aromatic nitrogens is 1. The van der Waals surface area contributed by atoms with E-state index in [1.165, 1.54) is 0 Å². The number of hydrogen-bond donors (Lipinski definition) is 2. The number of carboxylic acids is 1. The minimum absolute atomic E-state index is 0.150. The fraction of sp³-hybridized carbons (Fsp3) is 0.444. The van der Waals surface area contributed by atoms with E-state index in [-0.39, 0.29) is 16.7 Å². The molecule has 0 aliphatic heterocycles. The molecule has 1 rings (SSSR count). The molecular formula is C9H12N2O3S. The topological polar surface area (TPSA) is 79.3 Å². The van der Waals surface area contributed by atoms with Gasteiger partial charge in [-0.3, -0.25) is 4.79 Å². The van der Waals surface area contributed by atoms with Crippen LogP contribution < -0.4 is 5.32 Å². The number of rotatable bonds is 3. The Balaban J connectivity index is 2.84. The van der Waals surface area contributed by atoms with Crippen molar-refractivity contribution in [1.29, 1.82) is 0 Å². The molecule has 0 bridgehead atoms. The Hall–Kier alpha value is -1.43. The summed E-state index contributed by atoms with van der Waals surface area (Å²) in [5, 5.41) is 11.7. The Kier molecular flexibility index (Phi) is 3.41. The number of carboxylic acid groups (broad SMARTS) is 1. The lowest BCUT2D eigenvalue weighted by Crippen LogP contribution is -2.17. The first-order valence-electron chi connectivity index (χ1n) is 4.43. The molecule has 1 amide bonds. The third-order valence-electron chi connectivity index (χ3n) is 1.75. The maximum atomic E-state index is 11.3. The van der Waals surface area contributed by atoms with Gasteiger partial charge >= 0.3 is 5.97 Å². The van der Waals surface area contributed by atoms with Crippen molar-refractivity contribution in [3.63, 3.8) is 0 Å². The molecule has 1 heterocycles. The average molecular weight is 228 g/mol. The first kappa shape index (κ1) is 11.6. The van der Waals surface area contributed by atoms with E-state index in [9.17, 15) is 9.59 Å². The summed E-state index contributed by atoms with van der Waals surface area (Å²) in [5.41, 5.74) is 0.423. The number of aromatic carboxylic acids is 1. The fourth-order valence-corrected chi connectivity index (χ4v) is 1.71. The highest BCUT2D eigenvalue weighted by Crippen LogP contribution is 2.22. The van der Waals surface area contributed by atoms with Gasteiger partial charge in [-0.1, -0.05) is 25.2 Å². The molecule has 0 saturated carbocycles. The Morgan fingerprint density at radius 2 is 2.07 bits per heavy atom. The summed E-state index contributed by atoms with van der Waals surface area (Å²) in [6.45, 7) is 5.12. The highest BCUT2D eigenvalue weighted by atomic mass is 32.1. The molecule has 1 aromatic heterocycles. The molecule has 0 spiro atoms. The number of nitrogens with one attached hydrogen (secondary N) is 1. The number of amides is 1. The van der Waals surface area contributed by atoms with Crippen LogP contribution in [-0.2, 0) is 4.79 Å². The van der Waals surface area contributed by atoms with Crippen LogP contribution in [0.25, 0.3) is 0 Å². The van der Waals surface area contributed by atoms with E-state index in [2.05, 4.69) is 10.3 Å². The van der Waals surface area contributed by atoms with E-state index in [1.54, 1.807) is 20.8 Å². The normalized spacial score (nSPS) is 10.4. The van der Waals surface area contributed by atoms with Crippen molar-refractivity contribution >= 4 is 28.3 Å². The van der Waals surface area contributed by atoms with E-state index in [1.807, 2.05) is 0 Å². The van der Waals surface area contributed by atoms with Crippen molar-refractivity contribution in [1.82, 2.24) is 4.98 Å². The maximum absolute atomic E-state index is 11.3. The number of nitrogens with zero attached hydrogens (tertiary/aromatic N) is 1. The summed E-state index contributed by atoms with van der Waals surface area (Å²) < 4.78 is 0. The van der Waals surface area contributed by atoms with Gasteiger partial charge in [0.05, 0.1) is 5.69 Å². The number of carbonyl (C=O) groups excluding carboxylic acids is 1. The highest BCUT2D eigenvalue weighted by Gasteiger charge is 2.16. The van der Waals surface area contributed by atoms with Gasteiger partial charge < -0.3 is 10.4 Å². The minimum Gasteiger partial charge on any atom is -0.477 e. The summed E-state index contributed by atoms with van der Waals surface area (Å²) in [6.07, 6.45) is 0. The van der Waals surface area contributed by atoms with Crippen LogP contribution in [0, 0.1) is 12.8 Å². The number of aryl methyl sites for hydroxylation is 1. The molecule has 6 heteroatoms. The lowest BCUT2D eigenvalue weighted by molar-refractivity contribution is -0.118. The molecule has 0 atom stereocenters. The molecule has 0 fully saturated rings. The summed E-state index contributed by atoms with van der Waals surface area (Å²) in [6, 6.07) is 0. The number of carbonyl (C=O) groups is 2. The summed E-state index contributed by atoms with van der Waals surface area (Å²) in [5.74, 6) is -1.33. The number of anilines is 1. The second-order valence-electron chi connectivity index (χ2n) is 3.38. The van der Waals surface area contributed by atoms with Crippen molar-refractivity contribution in [2.75, 3.05) is 5.32 Å². The SMILES string of the molecule is Cc1nc(NC(=O)C(C)C)sc1C(=O)O. The molecular weight excluding hydrogens is 216 g/mol. The van der Waals surface area contributed by atoms with Gasteiger partial charge in [0.25, 0.3) is 0 Å². The van der Waals surface area contributed by atoms with Crippen LogP contribution in [0.15, 0.2) is 0 Å². The van der Waals surface area contributed by atoms with Crippen LogP contribution in [0.5, 0.6) is 0 Å². The van der Waals surface area contributed by atoms with Crippen LogP contribution in [0.1, 0.15) is 29.2 Å². The fourth-order valence-electron chi connectivity index (χ4n) is 0.898. The predicted molar refractivity (Wildman–Crippen MR) is 57.3 cm³/mol. The molecule has 82 valence electrons. The maximum Gasteiger partial charge on any atom is 0.347 e. The summed E-state index contributed by atoms with van der Waals surface area (Å²) >= 11 is 0.971. The number of hydrogen-bond acceptors (Lipinski definition) is 4. The second-order valence-corrected chi connectivity index (χ2v) is 4.38. The van der Waals surface area contributed by atoms with Crippen molar-refractivity contribution in [2.24, 2.45) is 5.92 Å². The summed E-state index contributed by atoms with van der Waals surface area (Å²) in [4.78, 5) is 26.1. The van der Waals surface area contributed by atoms with Crippen LogP contribution in [0.2, 0.25) is 0 Å². The van der Waals surface area contributed by atoms with Crippen molar-refractivity contribution in [3.8, 4) is 0 Å². The molecule has 15 heavy (non-hydrogen) atoms. The third kappa shape index (κ3) is 2.76. The van der Waals surface area contributed by atoms with Crippen molar-refractivity contribution < 1.29 is 14.7 Å². The highest BCUT2D eigenvalue weighted by molar-refractivity contribution is 7.17. The third-order valence-corrected chi connectivity index (χ3v) is 2.81. The van der Waals surface area contributed by atoms with E-state index < -0.39 is 5.97 Å². The minimum atomic E-state index is -1.02. The van der Waals surface area contributed by atoms with Gasteiger partial charge in [-0.2, -0.15) is 0 Å². The monoisotopic (exact) mass is 228 g/mol. The molecule has 0 aliphatic carbocycles. The smallest absolute Gasteiger partial charge is 0.347 e. The number of thiazole rings is 1. The zero-order valence-corrected chi connectivity index (χ0v) is 9.51. The zero-order chi connectivity index (χ0) is 11.6. The second kappa shape index (κ2) is 4.39. The summed E-state index contributed by atoms with van der Waals surface area (Å²) in [7, 11) is 0. The molecule has 1 aromatic rings. The quantitative estimate of drug-likeness (QED) is 0.825. The van der Waals surface area contributed by atoms with Gasteiger partial charge in [0, 0.05) is 5.92 Å². The van der Waals surface area contributed by atoms with Gasteiger partial charge in [-0.05, 0) is 6.92 Å². The molecule has 0 unspecified atom stereocenters. The lowest BCUT2D eigenvalue weighted by Gasteiger charge is -2.02. The molecule has 0 saturated heterocycles. The zero-order valence-electron chi connectivity index (χ0n) is 8.70. The van der Waals surface area contributed by atoms with Crippen LogP contribution >= 0.6 is 11.3 Å². The molecule has 0 radical (unpaired) electrons. The molecule has 0 aliphatic rings. The van der Waals surface area contributed by atoms with Crippen LogP contribution in [0.4, 0.5) is 5.13 Å². The van der Waals surface area contributed by atoms with Crippen LogP contribution in [0.3, 0.4) is 0 Å². The molecule has 5 nitrogen and oxygen atoms in total. The lowest BCUT2D eigenvalue weighted by atomic mass is 10.2. The molecule has 0 aromatic carbocycles. The van der Waals surface area contributed by atoms with Gasteiger partial charge in [0.15, 0.2) is 5.13 Å². The van der Waals surface area contributed by atoms with Crippen molar-refractivity contribution in [2.45, 2.75) is 20.8 Å². The Morgan fingerprint density at radius 3 is 2.47 bits per heavy atom. The Morgan fingerprint density at radius 1 is 1.47 bits per heavy atom. The first-order valence-corrected chi connectivity index (χ1v) is 5.25. The Bertz CT molecular complexity index is 398. The van der Waals surface area contributed by atoms with Crippen molar-refractivity contribution in [3.05, 3.63) is 10.6 Å². The van der Waals surface area contributed by atoms with Gasteiger partial charge in [0.2, 0.25) is 5.91 Å². The van der Waals surface area contributed by atoms with Gasteiger partial charge in [-0.25, -0.2) is 9.78 Å². The predicted octanol–water partition coefficient (Wildman–Crippen LogP) is 1.74. The standard InChI is InChI=1S/C9H12N2O3S/c1-4(2)7(12)11-9-10-5(3)6(15-9)8(13)14/h4H,1-3H3,(H,13,14)(H,10,11,12). The largest absolute Gasteiger partial charge is 0.477 e. The van der Waals surface area contributed by atoms with E-state index in [4.69, 9.17) is 5.11 Å². The van der Waals surface area contributed by atoms with Crippen LogP contribution in [-0.4, -0.2) is 22.0 Å². The molecule has 2 N–H and O–H groups in total. The Labute approximate surface area is 91.1 Å². The average Bonchev–Trinajstić information content (AvgIpc) is 2.46. The van der Waals surface area contributed by atoms with Gasteiger partial charge in [-0.15, -0.1) is 0 Å². The van der Waals surface area contributed by atoms with E-state index in [0.29, 0.717) is 10.8 Å². The van der Waals surface area contributed by atoms with E-state index in [0.717, 1.165) is 11.3 Å². The first-order chi connectivity index (χ1) is 6.91. The van der Waals surface area contributed by atoms with E-state index >= 15 is 0 Å². The van der Waals surface area contributed by atoms with Gasteiger partial charge in [0.1, 0.15) is 4.88 Å².